The molecule has 1 nitrogen and oxygen atoms in total. The zero-order valence-corrected chi connectivity index (χ0v) is 24.5. The van der Waals surface area contributed by atoms with Gasteiger partial charge in [0.05, 0.1) is 5.54 Å². The van der Waals surface area contributed by atoms with Gasteiger partial charge in [-0.3, -0.25) is 4.74 Å². The number of hydrogen-bond donors (Lipinski definition) is 0. The molecule has 5 saturated carbocycles. The van der Waals surface area contributed by atoms with Gasteiger partial charge in [0.2, 0.25) is 0 Å². The Morgan fingerprint density at radius 2 is 1.19 bits per heavy atom. The number of benzene rings is 2. The van der Waals surface area contributed by atoms with Crippen LogP contribution in [0.1, 0.15) is 86.5 Å². The molecule has 4 bridgehead atoms. The first-order valence-electron chi connectivity index (χ1n) is 14.9. The molecule has 2 aromatic carbocycles. The minimum Gasteiger partial charge on any atom is -0.287 e. The average molecular weight is 502 g/mol. The van der Waals surface area contributed by atoms with Crippen molar-refractivity contribution in [2.45, 2.75) is 97.7 Å². The summed E-state index contributed by atoms with van der Waals surface area (Å²) in [5.41, 5.74) is 1.27. The summed E-state index contributed by atoms with van der Waals surface area (Å²) in [6.07, 6.45) is 9.71. The molecule has 7 rings (SSSR count). The molecule has 0 spiro atoms. The maximum Gasteiger partial charge on any atom is 0.0609 e. The van der Waals surface area contributed by atoms with Crippen LogP contribution in [0, 0.1) is 40.4 Å². The van der Waals surface area contributed by atoms with E-state index in [1.807, 2.05) is 0 Å². The predicted molar refractivity (Wildman–Crippen MR) is 157 cm³/mol. The van der Waals surface area contributed by atoms with E-state index in [1.165, 1.54) is 55.6 Å². The van der Waals surface area contributed by atoms with E-state index in [4.69, 9.17) is 4.74 Å². The van der Waals surface area contributed by atoms with Crippen LogP contribution in [0.5, 0.6) is 0 Å². The van der Waals surface area contributed by atoms with Gasteiger partial charge in [-0.15, -0.1) is 0 Å². The lowest BCUT2D eigenvalue weighted by Crippen LogP contribution is -2.50. The fourth-order valence-corrected chi connectivity index (χ4v) is 16.1. The molecule has 5 aliphatic rings. The van der Waals surface area contributed by atoms with Gasteiger partial charge in [0.25, 0.3) is 0 Å². The van der Waals surface area contributed by atoms with E-state index in [0.717, 1.165) is 17.8 Å². The maximum atomic E-state index is 6.53. The van der Waals surface area contributed by atoms with Gasteiger partial charge >= 0.3 is 0 Å². The molecule has 0 heterocycles. The third-order valence-corrected chi connectivity index (χ3v) is 17.1. The highest BCUT2D eigenvalue weighted by Crippen LogP contribution is 2.74. The van der Waals surface area contributed by atoms with E-state index < -0.39 is 7.05 Å². The molecule has 5 aliphatic carbocycles. The van der Waals surface area contributed by atoms with Crippen molar-refractivity contribution in [2.24, 2.45) is 45.2 Å². The summed E-state index contributed by atoms with van der Waals surface area (Å²) in [4.78, 5) is 0. The second-order valence-corrected chi connectivity index (χ2v) is 17.3. The predicted octanol–water partition coefficient (Wildman–Crippen LogP) is 8.90. The molecule has 0 aromatic heterocycles. The first kappa shape index (κ1) is 25.0. The van der Waals surface area contributed by atoms with Gasteiger partial charge in [-0.25, -0.2) is 0 Å². The molecule has 2 aromatic rings. The molecule has 4 unspecified atom stereocenters. The van der Waals surface area contributed by atoms with Gasteiger partial charge in [0.15, 0.2) is 0 Å². The van der Waals surface area contributed by atoms with Crippen molar-refractivity contribution < 1.29 is 0 Å². The Kier molecular flexibility index (Phi) is 5.96. The Balaban J connectivity index is 1.70. The highest BCUT2D eigenvalue weighted by atomic mass is 31.2. The molecule has 2 heteroatoms. The largest absolute Gasteiger partial charge is 0.287 e. The van der Waals surface area contributed by atoms with Crippen molar-refractivity contribution in [1.82, 2.24) is 0 Å². The second kappa shape index (κ2) is 8.59. The molecule has 0 amide bonds. The Morgan fingerprint density at radius 1 is 0.750 bits per heavy atom. The Hall–Kier alpha value is -1.33. The van der Waals surface area contributed by atoms with Gasteiger partial charge in [0, 0.05) is 12.7 Å². The fraction of sp³-hybridized carbons (Fsp3) is 0.647. The maximum absolute atomic E-state index is 6.53. The summed E-state index contributed by atoms with van der Waals surface area (Å²) < 4.78 is 6.53. The lowest BCUT2D eigenvalue weighted by Gasteiger charge is -2.57. The Morgan fingerprint density at radius 3 is 1.61 bits per heavy atom. The Bertz CT molecular complexity index is 1070. The normalized spacial score (nSPS) is 40.9. The quantitative estimate of drug-likeness (QED) is 0.363. The van der Waals surface area contributed by atoms with Crippen LogP contribution in [0.15, 0.2) is 65.4 Å². The van der Waals surface area contributed by atoms with Gasteiger partial charge in [0.1, 0.15) is 0 Å². The average Bonchev–Trinajstić information content (AvgIpc) is 3.00. The van der Waals surface area contributed by atoms with Crippen LogP contribution in [0.25, 0.3) is 0 Å². The first-order valence-corrected chi connectivity index (χ1v) is 16.7. The molecular formula is C34H48NP. The van der Waals surface area contributed by atoms with Crippen LogP contribution < -0.4 is 10.6 Å². The molecule has 4 atom stereocenters. The van der Waals surface area contributed by atoms with Gasteiger partial charge in [-0.2, -0.15) is 0 Å². The smallest absolute Gasteiger partial charge is 0.0609 e. The summed E-state index contributed by atoms with van der Waals surface area (Å²) >= 11 is 0. The van der Waals surface area contributed by atoms with Crippen LogP contribution in [-0.2, 0) is 0 Å². The summed E-state index contributed by atoms with van der Waals surface area (Å²) in [5.74, 6) is 4.06. The molecule has 0 saturated heterocycles. The van der Waals surface area contributed by atoms with Crippen LogP contribution in [-0.4, -0.2) is 11.2 Å². The zero-order chi connectivity index (χ0) is 25.3. The minimum absolute atomic E-state index is 0.193. The number of hydrogen-bond acceptors (Lipinski definition) is 1. The molecule has 5 fully saturated rings. The van der Waals surface area contributed by atoms with Crippen molar-refractivity contribution >= 4 is 17.7 Å². The zero-order valence-electron chi connectivity index (χ0n) is 23.6. The van der Waals surface area contributed by atoms with Gasteiger partial charge in [-0.1, -0.05) is 102 Å². The second-order valence-electron chi connectivity index (χ2n) is 14.2. The third kappa shape index (κ3) is 3.43. The Labute approximate surface area is 220 Å². The SMILES string of the molecule is CCC1(C)C(P(=NC23CC4CC(CC(C4)C2)C3)(c2ccccc2)c2ccccc2)C(C)C(C)C1(C)C. The van der Waals surface area contributed by atoms with E-state index in [1.54, 1.807) is 0 Å². The van der Waals surface area contributed by atoms with Crippen LogP contribution in [0.2, 0.25) is 0 Å². The van der Waals surface area contributed by atoms with E-state index >= 15 is 0 Å². The van der Waals surface area contributed by atoms with Gasteiger partial charge < -0.3 is 0 Å². The van der Waals surface area contributed by atoms with Crippen molar-refractivity contribution in [3.05, 3.63) is 60.7 Å². The number of nitrogens with zero attached hydrogens (tertiary/aromatic N) is 1. The lowest BCUT2D eigenvalue weighted by molar-refractivity contribution is 0.00236. The molecule has 0 N–H and O–H groups in total. The first-order chi connectivity index (χ1) is 17.2. The lowest BCUT2D eigenvalue weighted by atomic mass is 9.53. The summed E-state index contributed by atoms with van der Waals surface area (Å²) in [5, 5.41) is 3.07. The van der Waals surface area contributed by atoms with Crippen molar-refractivity contribution in [1.29, 1.82) is 0 Å². The fourth-order valence-electron chi connectivity index (χ4n) is 10.3. The summed E-state index contributed by atoms with van der Waals surface area (Å²) in [7, 11) is -2.08. The van der Waals surface area contributed by atoms with Crippen LogP contribution in [0.4, 0.5) is 0 Å². The van der Waals surface area contributed by atoms with Crippen LogP contribution in [0.3, 0.4) is 0 Å². The van der Waals surface area contributed by atoms with E-state index in [-0.39, 0.29) is 16.4 Å². The minimum atomic E-state index is -2.08. The monoisotopic (exact) mass is 501 g/mol. The summed E-state index contributed by atoms with van der Waals surface area (Å²) in [6.45, 7) is 15.4. The number of rotatable bonds is 5. The highest BCUT2D eigenvalue weighted by molar-refractivity contribution is 7.81. The van der Waals surface area contributed by atoms with Gasteiger partial charge in [-0.05, 0) is 96.0 Å². The molecule has 194 valence electrons. The standard InChI is InChI=1S/C34H48NP/c1-7-33(6)31(24(2)25(3)32(33,4)5)36(29-14-10-8-11-15-29,30-16-12-9-13-17-30)35-34-21-26-18-27(22-34)20-28(19-26)23-34/h8-17,24-28,31H,7,18-23H2,1-6H3. The van der Waals surface area contributed by atoms with E-state index in [0.29, 0.717) is 17.5 Å². The van der Waals surface area contributed by atoms with Crippen LogP contribution >= 0.6 is 7.05 Å². The van der Waals surface area contributed by atoms with Crippen molar-refractivity contribution in [3.63, 3.8) is 0 Å². The summed E-state index contributed by atoms with van der Waals surface area (Å²) in [6, 6.07) is 23.4. The molecular weight excluding hydrogens is 453 g/mol. The molecule has 36 heavy (non-hydrogen) atoms. The molecule has 0 radical (unpaired) electrons. The van der Waals surface area contributed by atoms with Crippen molar-refractivity contribution in [3.8, 4) is 0 Å². The van der Waals surface area contributed by atoms with E-state index in [2.05, 4.69) is 102 Å². The third-order valence-electron chi connectivity index (χ3n) is 12.4. The van der Waals surface area contributed by atoms with E-state index in [9.17, 15) is 0 Å². The topological polar surface area (TPSA) is 12.4 Å². The van der Waals surface area contributed by atoms with Crippen molar-refractivity contribution in [2.75, 3.05) is 0 Å². The molecule has 0 aliphatic heterocycles. The highest BCUT2D eigenvalue weighted by Gasteiger charge is 2.64.